The van der Waals surface area contributed by atoms with Gasteiger partial charge in [-0.3, -0.25) is 4.79 Å². The van der Waals surface area contributed by atoms with E-state index in [0.717, 1.165) is 16.5 Å². The van der Waals surface area contributed by atoms with Gasteiger partial charge in [-0.1, -0.05) is 18.2 Å². The van der Waals surface area contributed by atoms with Gasteiger partial charge in [0.2, 0.25) is 5.91 Å². The Hall–Kier alpha value is -2.34. The van der Waals surface area contributed by atoms with E-state index >= 15 is 0 Å². The van der Waals surface area contributed by atoms with E-state index in [-0.39, 0.29) is 25.6 Å². The molecular weight excluding hydrogens is 284 g/mol. The van der Waals surface area contributed by atoms with Gasteiger partial charge in [-0.15, -0.1) is 0 Å². The summed E-state index contributed by atoms with van der Waals surface area (Å²) < 4.78 is 7.06. The zero-order valence-corrected chi connectivity index (χ0v) is 12.4. The third kappa shape index (κ3) is 2.69. The number of aryl methyl sites for hydroxylation is 1. The molecule has 1 amide bonds. The summed E-state index contributed by atoms with van der Waals surface area (Å²) in [6.45, 7) is 3.01. The Morgan fingerprint density at radius 3 is 2.91 bits per heavy atom. The lowest BCUT2D eigenvalue weighted by atomic mass is 10.2. The Morgan fingerprint density at radius 2 is 2.14 bits per heavy atom. The number of ether oxygens (including phenoxy) is 1. The Kier molecular flexibility index (Phi) is 3.85. The van der Waals surface area contributed by atoms with Crippen LogP contribution in [0.2, 0.25) is 0 Å². The third-order valence-electron chi connectivity index (χ3n) is 3.99. The van der Waals surface area contributed by atoms with Crippen molar-refractivity contribution < 1.29 is 19.4 Å². The third-order valence-corrected chi connectivity index (χ3v) is 3.99. The molecule has 1 aliphatic rings. The van der Waals surface area contributed by atoms with E-state index in [2.05, 4.69) is 0 Å². The number of aliphatic carboxylic acids is 1. The van der Waals surface area contributed by atoms with Crippen LogP contribution in [0.1, 0.15) is 5.56 Å². The predicted octanol–water partition coefficient (Wildman–Crippen LogP) is 1.26. The fourth-order valence-electron chi connectivity index (χ4n) is 2.83. The van der Waals surface area contributed by atoms with Crippen molar-refractivity contribution >= 4 is 22.8 Å². The first-order chi connectivity index (χ1) is 10.6. The van der Waals surface area contributed by atoms with Crippen LogP contribution < -0.4 is 0 Å². The molecular formula is C16H18N2O4. The van der Waals surface area contributed by atoms with Crippen molar-refractivity contribution in [2.45, 2.75) is 19.6 Å². The Labute approximate surface area is 127 Å². The number of carboxylic acids is 1. The molecule has 3 rings (SSSR count). The highest BCUT2D eigenvalue weighted by Crippen LogP contribution is 2.20. The van der Waals surface area contributed by atoms with Crippen molar-refractivity contribution in [3.8, 4) is 0 Å². The van der Waals surface area contributed by atoms with E-state index in [1.165, 1.54) is 0 Å². The van der Waals surface area contributed by atoms with Gasteiger partial charge >= 0.3 is 5.97 Å². The fourth-order valence-corrected chi connectivity index (χ4v) is 2.83. The van der Waals surface area contributed by atoms with Gasteiger partial charge in [0.25, 0.3) is 0 Å². The van der Waals surface area contributed by atoms with Crippen molar-refractivity contribution in [1.29, 1.82) is 0 Å². The van der Waals surface area contributed by atoms with Gasteiger partial charge in [-0.05, 0) is 18.6 Å². The summed E-state index contributed by atoms with van der Waals surface area (Å²) in [5.74, 6) is -1.12. The van der Waals surface area contributed by atoms with Gasteiger partial charge in [0.1, 0.15) is 6.54 Å². The van der Waals surface area contributed by atoms with Gasteiger partial charge in [0, 0.05) is 23.6 Å². The van der Waals surface area contributed by atoms with E-state index < -0.39 is 12.1 Å². The molecule has 22 heavy (non-hydrogen) atoms. The van der Waals surface area contributed by atoms with E-state index in [1.807, 2.05) is 42.0 Å². The monoisotopic (exact) mass is 302 g/mol. The molecule has 0 saturated carbocycles. The molecule has 1 aliphatic heterocycles. The number of hydrogen-bond donors (Lipinski definition) is 1. The van der Waals surface area contributed by atoms with Crippen LogP contribution in [0.4, 0.5) is 0 Å². The SMILES string of the molecule is Cc1cn(CC(=O)N2CCO[C@H](C(=O)O)C2)c2ccccc12. The summed E-state index contributed by atoms with van der Waals surface area (Å²) in [5.41, 5.74) is 2.13. The first-order valence-electron chi connectivity index (χ1n) is 7.23. The van der Waals surface area contributed by atoms with Gasteiger partial charge < -0.3 is 19.3 Å². The number of nitrogens with zero attached hydrogens (tertiary/aromatic N) is 2. The van der Waals surface area contributed by atoms with Crippen molar-refractivity contribution in [1.82, 2.24) is 9.47 Å². The molecule has 1 aromatic heterocycles. The summed E-state index contributed by atoms with van der Waals surface area (Å²) >= 11 is 0. The second kappa shape index (κ2) is 5.81. The second-order valence-electron chi connectivity index (χ2n) is 5.49. The molecule has 6 nitrogen and oxygen atoms in total. The zero-order valence-electron chi connectivity index (χ0n) is 12.4. The molecule has 116 valence electrons. The maximum Gasteiger partial charge on any atom is 0.334 e. The number of carbonyl (C=O) groups is 2. The Balaban J connectivity index is 1.77. The molecule has 1 atom stereocenters. The number of fused-ring (bicyclic) bond motifs is 1. The minimum atomic E-state index is -1.03. The molecule has 0 spiro atoms. The average molecular weight is 302 g/mol. The number of carboxylic acid groups (broad SMARTS) is 1. The molecule has 2 aromatic rings. The number of benzene rings is 1. The molecule has 0 radical (unpaired) electrons. The maximum atomic E-state index is 12.4. The topological polar surface area (TPSA) is 71.8 Å². The van der Waals surface area contributed by atoms with E-state index in [4.69, 9.17) is 9.84 Å². The first-order valence-corrected chi connectivity index (χ1v) is 7.23. The lowest BCUT2D eigenvalue weighted by molar-refractivity contribution is -0.159. The minimum Gasteiger partial charge on any atom is -0.479 e. The highest BCUT2D eigenvalue weighted by Gasteiger charge is 2.29. The highest BCUT2D eigenvalue weighted by atomic mass is 16.5. The van der Waals surface area contributed by atoms with Crippen LogP contribution >= 0.6 is 0 Å². The fraction of sp³-hybridized carbons (Fsp3) is 0.375. The van der Waals surface area contributed by atoms with Gasteiger partial charge in [0.05, 0.1) is 13.2 Å². The quantitative estimate of drug-likeness (QED) is 0.926. The number of para-hydroxylation sites is 1. The van der Waals surface area contributed by atoms with E-state index in [0.29, 0.717) is 6.54 Å². The number of morpholine rings is 1. The van der Waals surface area contributed by atoms with Crippen LogP contribution in [-0.2, 0) is 20.9 Å². The maximum absolute atomic E-state index is 12.4. The lowest BCUT2D eigenvalue weighted by Gasteiger charge is -2.31. The summed E-state index contributed by atoms with van der Waals surface area (Å²) in [7, 11) is 0. The van der Waals surface area contributed by atoms with Gasteiger partial charge in [0.15, 0.2) is 6.10 Å². The van der Waals surface area contributed by atoms with Crippen molar-refractivity contribution in [3.05, 3.63) is 36.0 Å². The largest absolute Gasteiger partial charge is 0.479 e. The van der Waals surface area contributed by atoms with Crippen molar-refractivity contribution in [3.63, 3.8) is 0 Å². The molecule has 1 N–H and O–H groups in total. The van der Waals surface area contributed by atoms with E-state index in [9.17, 15) is 9.59 Å². The van der Waals surface area contributed by atoms with E-state index in [1.54, 1.807) is 4.90 Å². The van der Waals surface area contributed by atoms with Crippen LogP contribution in [0.5, 0.6) is 0 Å². The number of amides is 1. The lowest BCUT2D eigenvalue weighted by Crippen LogP contribution is -2.49. The Bertz CT molecular complexity index is 722. The first kappa shape index (κ1) is 14.6. The molecule has 1 saturated heterocycles. The number of hydrogen-bond acceptors (Lipinski definition) is 3. The average Bonchev–Trinajstić information content (AvgIpc) is 2.84. The summed E-state index contributed by atoms with van der Waals surface area (Å²) in [6, 6.07) is 7.93. The minimum absolute atomic E-state index is 0.0877. The number of rotatable bonds is 3. The molecule has 0 aliphatic carbocycles. The molecule has 1 aromatic carbocycles. The smallest absolute Gasteiger partial charge is 0.334 e. The summed E-state index contributed by atoms with van der Waals surface area (Å²) in [4.78, 5) is 25.0. The van der Waals surface area contributed by atoms with Crippen LogP contribution in [0, 0.1) is 6.92 Å². The summed E-state index contributed by atoms with van der Waals surface area (Å²) in [6.07, 6.45) is 1.03. The molecule has 2 heterocycles. The van der Waals surface area contributed by atoms with Crippen LogP contribution in [-0.4, -0.2) is 52.3 Å². The van der Waals surface area contributed by atoms with Crippen LogP contribution in [0.15, 0.2) is 30.5 Å². The predicted molar refractivity (Wildman–Crippen MR) is 80.6 cm³/mol. The standard InChI is InChI=1S/C16H18N2O4/c1-11-8-18(13-5-3-2-4-12(11)13)10-15(19)17-6-7-22-14(9-17)16(20)21/h2-5,8,14H,6-7,9-10H2,1H3,(H,20,21)/t14-/m0/s1. The zero-order chi connectivity index (χ0) is 15.7. The van der Waals surface area contributed by atoms with Gasteiger partial charge in [-0.2, -0.15) is 0 Å². The van der Waals surface area contributed by atoms with Crippen molar-refractivity contribution in [2.75, 3.05) is 19.7 Å². The van der Waals surface area contributed by atoms with Crippen molar-refractivity contribution in [2.24, 2.45) is 0 Å². The molecule has 0 unspecified atom stereocenters. The van der Waals surface area contributed by atoms with Gasteiger partial charge in [-0.25, -0.2) is 4.79 Å². The Morgan fingerprint density at radius 1 is 1.36 bits per heavy atom. The number of carbonyl (C=O) groups excluding carboxylic acids is 1. The highest BCUT2D eigenvalue weighted by molar-refractivity contribution is 5.86. The molecule has 1 fully saturated rings. The second-order valence-corrected chi connectivity index (χ2v) is 5.49. The molecule has 0 bridgehead atoms. The summed E-state index contributed by atoms with van der Waals surface area (Å²) in [5, 5.41) is 10.1. The van der Waals surface area contributed by atoms with Crippen LogP contribution in [0.3, 0.4) is 0 Å². The normalized spacial score (nSPS) is 18.6. The van der Waals surface area contributed by atoms with Crippen LogP contribution in [0.25, 0.3) is 10.9 Å². The number of aromatic nitrogens is 1. The molecule has 6 heteroatoms.